The van der Waals surface area contributed by atoms with Crippen molar-refractivity contribution in [3.63, 3.8) is 0 Å². The van der Waals surface area contributed by atoms with Gasteiger partial charge in [0.05, 0.1) is 30.0 Å². The first kappa shape index (κ1) is 17.1. The van der Waals surface area contributed by atoms with Crippen molar-refractivity contribution in [1.82, 2.24) is 0 Å². The Morgan fingerprint density at radius 2 is 2.05 bits per heavy atom. The number of nitriles is 1. The fourth-order valence-electron chi connectivity index (χ4n) is 1.31. The fourth-order valence-corrected chi connectivity index (χ4v) is 3.24. The number of halogens is 1. The standard InChI is InChI=1S/C12H14ClN2O3PS/c1-3-16-19(20,17-4-2)18-15-9-10-6-5-7-12(13)11(10)8-14/h5-7,9H,3-4H2,1-2H3. The molecule has 5 nitrogen and oxygen atoms in total. The number of oxime groups is 1. The van der Waals surface area contributed by atoms with Gasteiger partial charge in [-0.05, 0) is 19.9 Å². The van der Waals surface area contributed by atoms with Crippen LogP contribution in [0, 0.1) is 11.3 Å². The molecule has 0 aliphatic rings. The molecule has 1 aromatic rings. The van der Waals surface area contributed by atoms with Crippen LogP contribution >= 0.6 is 18.3 Å². The molecule has 0 bridgehead atoms. The third-order valence-corrected chi connectivity index (χ3v) is 4.66. The topological polar surface area (TPSA) is 63.8 Å². The summed E-state index contributed by atoms with van der Waals surface area (Å²) in [5, 5.41) is 13.1. The molecule has 0 saturated carbocycles. The maximum absolute atomic E-state index is 9.03. The van der Waals surface area contributed by atoms with Crippen molar-refractivity contribution < 1.29 is 13.7 Å². The first-order valence-electron chi connectivity index (χ1n) is 5.86. The van der Waals surface area contributed by atoms with E-state index in [0.29, 0.717) is 29.4 Å². The van der Waals surface area contributed by atoms with E-state index in [1.807, 2.05) is 6.07 Å². The molecule has 20 heavy (non-hydrogen) atoms. The Labute approximate surface area is 128 Å². The highest BCUT2D eigenvalue weighted by Crippen LogP contribution is 2.49. The van der Waals surface area contributed by atoms with Gasteiger partial charge in [-0.25, -0.2) is 0 Å². The molecular formula is C12H14ClN2O3PS. The smallest absolute Gasteiger partial charge is 0.314 e. The number of nitrogens with zero attached hydrogens (tertiary/aromatic N) is 2. The fraction of sp³-hybridized carbons (Fsp3) is 0.333. The number of rotatable bonds is 7. The van der Waals surface area contributed by atoms with Gasteiger partial charge in [-0.3, -0.25) is 9.05 Å². The van der Waals surface area contributed by atoms with Crippen LogP contribution in [0.1, 0.15) is 25.0 Å². The molecule has 0 aromatic heterocycles. The molecule has 8 heteroatoms. The molecule has 0 heterocycles. The average Bonchev–Trinajstić information content (AvgIpc) is 2.39. The highest BCUT2D eigenvalue weighted by atomic mass is 35.5. The van der Waals surface area contributed by atoms with Crippen molar-refractivity contribution in [1.29, 1.82) is 5.26 Å². The van der Waals surface area contributed by atoms with E-state index in [-0.39, 0.29) is 0 Å². The van der Waals surface area contributed by atoms with Crippen molar-refractivity contribution in [2.45, 2.75) is 13.8 Å². The number of hydrogen-bond donors (Lipinski definition) is 0. The van der Waals surface area contributed by atoms with Gasteiger partial charge >= 0.3 is 6.72 Å². The van der Waals surface area contributed by atoms with Gasteiger partial charge in [0.2, 0.25) is 0 Å². The van der Waals surface area contributed by atoms with Crippen molar-refractivity contribution in [2.75, 3.05) is 13.2 Å². The molecule has 0 N–H and O–H groups in total. The van der Waals surface area contributed by atoms with Crippen LogP contribution in [-0.2, 0) is 25.5 Å². The predicted octanol–water partition coefficient (Wildman–Crippen LogP) is 3.86. The molecular weight excluding hydrogens is 319 g/mol. The first-order valence-corrected chi connectivity index (χ1v) is 8.79. The molecule has 0 spiro atoms. The van der Waals surface area contributed by atoms with Crippen LogP contribution in [0.5, 0.6) is 0 Å². The number of hydrogen-bond acceptors (Lipinski definition) is 6. The molecule has 1 aromatic carbocycles. The van der Waals surface area contributed by atoms with Crippen LogP contribution in [-0.4, -0.2) is 19.4 Å². The Hall–Kier alpha value is -0.960. The second kappa shape index (κ2) is 8.35. The summed E-state index contributed by atoms with van der Waals surface area (Å²) in [5.74, 6) is 0. The first-order chi connectivity index (χ1) is 9.56. The van der Waals surface area contributed by atoms with Crippen LogP contribution in [0.4, 0.5) is 0 Å². The third-order valence-electron chi connectivity index (χ3n) is 2.07. The summed E-state index contributed by atoms with van der Waals surface area (Å²) >= 11 is 11.1. The van der Waals surface area contributed by atoms with Gasteiger partial charge in [0.1, 0.15) is 6.07 Å². The zero-order valence-corrected chi connectivity index (χ0v) is 13.5. The van der Waals surface area contributed by atoms with E-state index >= 15 is 0 Å². The highest BCUT2D eigenvalue weighted by Gasteiger charge is 2.20. The van der Waals surface area contributed by atoms with Gasteiger partial charge in [-0.15, -0.1) is 0 Å². The minimum atomic E-state index is -2.87. The van der Waals surface area contributed by atoms with E-state index in [0.717, 1.165) is 0 Å². The van der Waals surface area contributed by atoms with Crippen LogP contribution in [0.15, 0.2) is 23.4 Å². The van der Waals surface area contributed by atoms with E-state index < -0.39 is 6.72 Å². The summed E-state index contributed by atoms with van der Waals surface area (Å²) in [5.41, 5.74) is 0.859. The zero-order chi connectivity index (χ0) is 15.0. The highest BCUT2D eigenvalue weighted by molar-refractivity contribution is 8.07. The Kier molecular flexibility index (Phi) is 7.14. The van der Waals surface area contributed by atoms with Crippen molar-refractivity contribution >= 4 is 36.3 Å². The van der Waals surface area contributed by atoms with Crippen LogP contribution in [0.2, 0.25) is 5.02 Å². The molecule has 0 fully saturated rings. The second-order valence-corrected chi connectivity index (χ2v) is 6.74. The number of benzene rings is 1. The Bertz CT molecular complexity index is 564. The van der Waals surface area contributed by atoms with Gasteiger partial charge in [-0.1, -0.05) is 28.9 Å². The summed E-state index contributed by atoms with van der Waals surface area (Å²) < 4.78 is 15.7. The third kappa shape index (κ3) is 4.86. The van der Waals surface area contributed by atoms with Crippen molar-refractivity contribution in [3.05, 3.63) is 34.3 Å². The molecule has 0 atom stereocenters. The van der Waals surface area contributed by atoms with E-state index in [9.17, 15) is 0 Å². The maximum atomic E-state index is 9.03. The van der Waals surface area contributed by atoms with Crippen LogP contribution in [0.25, 0.3) is 0 Å². The van der Waals surface area contributed by atoms with E-state index in [1.165, 1.54) is 6.21 Å². The molecule has 0 aliphatic carbocycles. The summed E-state index contributed by atoms with van der Waals surface area (Å²) in [6.45, 7) is 1.44. The minimum absolute atomic E-state index is 0.322. The van der Waals surface area contributed by atoms with E-state index in [1.54, 1.807) is 32.0 Å². The van der Waals surface area contributed by atoms with Gasteiger partial charge in [0.25, 0.3) is 0 Å². The monoisotopic (exact) mass is 332 g/mol. The molecule has 0 unspecified atom stereocenters. The van der Waals surface area contributed by atoms with E-state index in [2.05, 4.69) is 5.16 Å². The second-order valence-electron chi connectivity index (χ2n) is 3.41. The summed E-state index contributed by atoms with van der Waals surface area (Å²) in [7, 11) is 0. The Morgan fingerprint density at radius 3 is 2.60 bits per heavy atom. The molecule has 1 rings (SSSR count). The largest absolute Gasteiger partial charge is 0.402 e. The van der Waals surface area contributed by atoms with Crippen LogP contribution in [0.3, 0.4) is 0 Å². The lowest BCUT2D eigenvalue weighted by molar-refractivity contribution is 0.172. The van der Waals surface area contributed by atoms with Crippen molar-refractivity contribution in [3.8, 4) is 6.07 Å². The van der Waals surface area contributed by atoms with Gasteiger partial charge in [0.15, 0.2) is 0 Å². The molecule has 0 amide bonds. The molecule has 0 saturated heterocycles. The zero-order valence-electron chi connectivity index (χ0n) is 11.1. The normalized spacial score (nSPS) is 11.5. The molecule has 0 radical (unpaired) electrons. The lowest BCUT2D eigenvalue weighted by Crippen LogP contribution is -1.97. The summed E-state index contributed by atoms with van der Waals surface area (Å²) in [4.78, 5) is 0. The summed E-state index contributed by atoms with van der Waals surface area (Å²) in [6.07, 6.45) is 1.36. The Balaban J connectivity index is 2.86. The summed E-state index contributed by atoms with van der Waals surface area (Å²) in [6, 6.07) is 7.04. The van der Waals surface area contributed by atoms with Crippen LogP contribution < -0.4 is 0 Å². The quantitative estimate of drug-likeness (QED) is 0.431. The van der Waals surface area contributed by atoms with Gasteiger partial charge < -0.3 is 4.62 Å². The van der Waals surface area contributed by atoms with Gasteiger partial charge in [-0.2, -0.15) is 5.26 Å². The lowest BCUT2D eigenvalue weighted by atomic mass is 10.1. The minimum Gasteiger partial charge on any atom is -0.314 e. The van der Waals surface area contributed by atoms with E-state index in [4.69, 9.17) is 42.3 Å². The van der Waals surface area contributed by atoms with Gasteiger partial charge in [0, 0.05) is 17.4 Å². The average molecular weight is 333 g/mol. The predicted molar refractivity (Wildman–Crippen MR) is 82.4 cm³/mol. The maximum Gasteiger partial charge on any atom is 0.402 e. The molecule has 0 aliphatic heterocycles. The molecule has 108 valence electrons. The Morgan fingerprint density at radius 1 is 1.40 bits per heavy atom. The lowest BCUT2D eigenvalue weighted by Gasteiger charge is -2.16. The SMILES string of the molecule is CCOP(=S)(OCC)ON=Cc1cccc(Cl)c1C#N. The van der Waals surface area contributed by atoms with Crippen molar-refractivity contribution in [2.24, 2.45) is 5.16 Å².